The van der Waals surface area contributed by atoms with E-state index in [2.05, 4.69) is 38.2 Å². The summed E-state index contributed by atoms with van der Waals surface area (Å²) in [7, 11) is 1.45. The van der Waals surface area contributed by atoms with Gasteiger partial charge in [-0.25, -0.2) is 9.29 Å². The Kier molecular flexibility index (Phi) is 4.47. The minimum absolute atomic E-state index is 0.155. The summed E-state index contributed by atoms with van der Waals surface area (Å²) in [6, 6.07) is 0. The highest BCUT2D eigenvalue weighted by molar-refractivity contribution is 8.67. The van der Waals surface area contributed by atoms with E-state index in [0.29, 0.717) is 5.69 Å². The maximum absolute atomic E-state index is 12.0. The van der Waals surface area contributed by atoms with Crippen molar-refractivity contribution in [3.05, 3.63) is 24.3 Å². The molecule has 1 aliphatic rings. The van der Waals surface area contributed by atoms with Crippen LogP contribution in [-0.2, 0) is 0 Å². The number of nitrogens with one attached hydrogen (secondary N) is 1. The summed E-state index contributed by atoms with van der Waals surface area (Å²) in [6.07, 6.45) is 6.38. The molecule has 1 aliphatic heterocycles. The third kappa shape index (κ3) is 3.37. The molecule has 7 heteroatoms. The third-order valence-corrected chi connectivity index (χ3v) is 4.44. The summed E-state index contributed by atoms with van der Waals surface area (Å²) >= 11 is 4.18. The van der Waals surface area contributed by atoms with Gasteiger partial charge in [0.05, 0.1) is 6.20 Å². The third-order valence-electron chi connectivity index (χ3n) is 3.15. The van der Waals surface area contributed by atoms with E-state index in [1.165, 1.54) is 23.4 Å². The zero-order valence-corrected chi connectivity index (χ0v) is 11.9. The Bertz CT molecular complexity index is 407. The molecule has 0 aromatic carbocycles. The Morgan fingerprint density at radius 2 is 2.22 bits per heavy atom. The lowest BCUT2D eigenvalue weighted by atomic mass is 9.90. The second-order valence-electron chi connectivity index (χ2n) is 4.62. The van der Waals surface area contributed by atoms with Crippen molar-refractivity contribution in [1.29, 1.82) is 0 Å². The minimum Gasteiger partial charge on any atom is -0.345 e. The van der Waals surface area contributed by atoms with Crippen molar-refractivity contribution >= 4 is 28.5 Å². The SMILES string of the molecule is CC1(NC(=O)c2cnccn2)CCN(SS)CC1. The van der Waals surface area contributed by atoms with E-state index in [-0.39, 0.29) is 11.4 Å². The molecule has 1 aromatic heterocycles. The molecular weight excluding hydrogens is 268 g/mol. The van der Waals surface area contributed by atoms with Gasteiger partial charge in [0.2, 0.25) is 0 Å². The number of nitrogens with zero attached hydrogens (tertiary/aromatic N) is 3. The molecule has 1 saturated heterocycles. The summed E-state index contributed by atoms with van der Waals surface area (Å²) < 4.78 is 2.18. The molecule has 2 rings (SSSR count). The average Bonchev–Trinajstić information content (AvgIpc) is 2.40. The van der Waals surface area contributed by atoms with E-state index in [4.69, 9.17) is 0 Å². The van der Waals surface area contributed by atoms with Gasteiger partial charge < -0.3 is 5.32 Å². The summed E-state index contributed by atoms with van der Waals surface area (Å²) in [6.45, 7) is 3.92. The van der Waals surface area contributed by atoms with Crippen LogP contribution in [-0.4, -0.2) is 38.8 Å². The number of carbonyl (C=O) groups excluding carboxylic acids is 1. The number of carbonyl (C=O) groups is 1. The fraction of sp³-hybridized carbons (Fsp3) is 0.545. The fourth-order valence-electron chi connectivity index (χ4n) is 1.94. The van der Waals surface area contributed by atoms with Gasteiger partial charge in [0, 0.05) is 31.0 Å². The highest BCUT2D eigenvalue weighted by Gasteiger charge is 2.31. The molecule has 0 saturated carbocycles. The van der Waals surface area contributed by atoms with Gasteiger partial charge in [-0.05, 0) is 30.7 Å². The van der Waals surface area contributed by atoms with Crippen molar-refractivity contribution in [2.75, 3.05) is 13.1 Å². The van der Waals surface area contributed by atoms with E-state index < -0.39 is 0 Å². The van der Waals surface area contributed by atoms with Crippen molar-refractivity contribution in [1.82, 2.24) is 19.6 Å². The molecule has 0 spiro atoms. The van der Waals surface area contributed by atoms with Crippen molar-refractivity contribution in [3.63, 3.8) is 0 Å². The first kappa shape index (κ1) is 13.6. The molecule has 1 N–H and O–H groups in total. The molecular formula is C11H16N4OS2. The lowest BCUT2D eigenvalue weighted by molar-refractivity contribution is 0.0868. The molecule has 1 aromatic rings. The standard InChI is InChI=1S/C11H16N4OS2/c1-11(2-6-15(18-17)7-3-11)14-10(16)9-8-12-4-5-13-9/h4-5,8,17H,2-3,6-7H2,1H3,(H,14,16). The molecule has 0 bridgehead atoms. The molecule has 18 heavy (non-hydrogen) atoms. The number of thiol groups is 1. The van der Waals surface area contributed by atoms with Crippen LogP contribution in [0, 0.1) is 0 Å². The molecule has 98 valence electrons. The van der Waals surface area contributed by atoms with Crippen LogP contribution in [0.5, 0.6) is 0 Å². The predicted octanol–water partition coefficient (Wildman–Crippen LogP) is 1.55. The zero-order valence-electron chi connectivity index (χ0n) is 10.2. The highest BCUT2D eigenvalue weighted by Crippen LogP contribution is 2.27. The van der Waals surface area contributed by atoms with Crippen LogP contribution in [0.2, 0.25) is 0 Å². The highest BCUT2D eigenvalue weighted by atomic mass is 33.1. The van der Waals surface area contributed by atoms with Crippen molar-refractivity contribution in [3.8, 4) is 0 Å². The molecule has 0 atom stereocenters. The number of hydrogen-bond donors (Lipinski definition) is 2. The number of hydrogen-bond acceptors (Lipinski definition) is 6. The van der Waals surface area contributed by atoms with E-state index in [1.54, 1.807) is 6.20 Å². The summed E-state index contributed by atoms with van der Waals surface area (Å²) in [5.41, 5.74) is 0.193. The Morgan fingerprint density at radius 1 is 1.50 bits per heavy atom. The molecule has 2 heterocycles. The second-order valence-corrected chi connectivity index (χ2v) is 5.79. The molecule has 1 fully saturated rings. The normalized spacial score (nSPS) is 19.4. The summed E-state index contributed by atoms with van der Waals surface area (Å²) in [5.74, 6) is -0.155. The molecule has 0 unspecified atom stereocenters. The van der Waals surface area contributed by atoms with E-state index >= 15 is 0 Å². The number of amides is 1. The summed E-state index contributed by atoms with van der Waals surface area (Å²) in [5, 5.41) is 3.05. The first-order valence-electron chi connectivity index (χ1n) is 5.78. The number of piperidine rings is 1. The first-order chi connectivity index (χ1) is 8.63. The van der Waals surface area contributed by atoms with Crippen LogP contribution in [0.1, 0.15) is 30.3 Å². The molecule has 0 aliphatic carbocycles. The van der Waals surface area contributed by atoms with Crippen LogP contribution in [0.3, 0.4) is 0 Å². The molecule has 0 radical (unpaired) electrons. The quantitative estimate of drug-likeness (QED) is 0.501. The van der Waals surface area contributed by atoms with Crippen LogP contribution < -0.4 is 5.32 Å². The van der Waals surface area contributed by atoms with Gasteiger partial charge in [0.1, 0.15) is 5.69 Å². The van der Waals surface area contributed by atoms with Gasteiger partial charge >= 0.3 is 0 Å². The van der Waals surface area contributed by atoms with E-state index in [0.717, 1.165) is 25.9 Å². The lowest BCUT2D eigenvalue weighted by Crippen LogP contribution is -2.52. The van der Waals surface area contributed by atoms with Gasteiger partial charge in [0.25, 0.3) is 5.91 Å². The maximum atomic E-state index is 12.0. The Morgan fingerprint density at radius 3 is 2.78 bits per heavy atom. The molecule has 1 amide bonds. The Hall–Kier alpha value is -0.790. The van der Waals surface area contributed by atoms with Gasteiger partial charge in [-0.15, -0.1) is 0 Å². The molecule has 5 nitrogen and oxygen atoms in total. The predicted molar refractivity (Wildman–Crippen MR) is 75.3 cm³/mol. The lowest BCUT2D eigenvalue weighted by Gasteiger charge is -2.38. The monoisotopic (exact) mass is 284 g/mol. The number of rotatable bonds is 3. The van der Waals surface area contributed by atoms with Crippen molar-refractivity contribution in [2.24, 2.45) is 0 Å². The Balaban J connectivity index is 1.95. The number of aromatic nitrogens is 2. The van der Waals surface area contributed by atoms with E-state index in [1.807, 2.05) is 0 Å². The Labute approximate surface area is 116 Å². The van der Waals surface area contributed by atoms with Gasteiger partial charge in [0.15, 0.2) is 0 Å². The minimum atomic E-state index is -0.172. The van der Waals surface area contributed by atoms with Crippen LogP contribution in [0.4, 0.5) is 0 Å². The smallest absolute Gasteiger partial charge is 0.271 e. The van der Waals surface area contributed by atoms with Crippen LogP contribution in [0.15, 0.2) is 18.6 Å². The fourth-order valence-corrected chi connectivity index (χ4v) is 2.78. The average molecular weight is 284 g/mol. The van der Waals surface area contributed by atoms with Gasteiger partial charge in [-0.1, -0.05) is 11.7 Å². The van der Waals surface area contributed by atoms with Crippen molar-refractivity contribution in [2.45, 2.75) is 25.3 Å². The van der Waals surface area contributed by atoms with Gasteiger partial charge in [-0.3, -0.25) is 9.78 Å². The van der Waals surface area contributed by atoms with E-state index in [9.17, 15) is 4.79 Å². The van der Waals surface area contributed by atoms with Gasteiger partial charge in [-0.2, -0.15) is 0 Å². The topological polar surface area (TPSA) is 58.1 Å². The second kappa shape index (κ2) is 5.90. The maximum Gasteiger partial charge on any atom is 0.271 e. The zero-order chi connectivity index (χ0) is 13.0. The van der Waals surface area contributed by atoms with Crippen molar-refractivity contribution < 1.29 is 4.79 Å². The summed E-state index contributed by atoms with van der Waals surface area (Å²) in [4.78, 5) is 19.9. The van der Waals surface area contributed by atoms with Crippen LogP contribution >= 0.6 is 22.6 Å². The van der Waals surface area contributed by atoms with Crippen LogP contribution in [0.25, 0.3) is 0 Å². The largest absolute Gasteiger partial charge is 0.345 e. The first-order valence-corrected chi connectivity index (χ1v) is 7.60.